The quantitative estimate of drug-likeness (QED) is 0.479. The maximum Gasteiger partial charge on any atom is 0.227 e. The van der Waals surface area contributed by atoms with E-state index in [4.69, 9.17) is 26.5 Å². The lowest BCUT2D eigenvalue weighted by molar-refractivity contribution is -0.117. The van der Waals surface area contributed by atoms with E-state index in [1.165, 1.54) is 0 Å². The monoisotopic (exact) mass is 392 g/mol. The number of nitrogens with zero attached hydrogens (tertiary/aromatic N) is 1. The molecule has 4 aromatic rings. The van der Waals surface area contributed by atoms with Crippen molar-refractivity contribution in [3.05, 3.63) is 77.3 Å². The highest BCUT2D eigenvalue weighted by molar-refractivity contribution is 6.30. The minimum Gasteiger partial charge on any atom is -0.457 e. The molecule has 0 aliphatic carbocycles. The number of hydrogen-bond donors (Lipinski definition) is 1. The lowest BCUT2D eigenvalue weighted by atomic mass is 10.1. The number of ether oxygens (including phenoxy) is 1. The van der Waals surface area contributed by atoms with Gasteiger partial charge in [-0.1, -0.05) is 23.7 Å². The molecular formula is C22H17ClN2O3. The van der Waals surface area contributed by atoms with Crippen LogP contribution in [0.3, 0.4) is 0 Å². The molecule has 3 aromatic carbocycles. The molecule has 0 aliphatic rings. The van der Waals surface area contributed by atoms with E-state index in [1.807, 2.05) is 42.5 Å². The maximum absolute atomic E-state index is 10.9. The number of hydrogen-bond acceptors (Lipinski definition) is 4. The van der Waals surface area contributed by atoms with Crippen LogP contribution in [-0.4, -0.2) is 10.9 Å². The van der Waals surface area contributed by atoms with E-state index >= 15 is 0 Å². The first-order valence-corrected chi connectivity index (χ1v) is 9.16. The van der Waals surface area contributed by atoms with Gasteiger partial charge in [-0.25, -0.2) is 4.98 Å². The molecule has 0 saturated heterocycles. The third kappa shape index (κ3) is 4.15. The summed E-state index contributed by atoms with van der Waals surface area (Å²) in [4.78, 5) is 15.4. The Morgan fingerprint density at radius 1 is 1.00 bits per heavy atom. The van der Waals surface area contributed by atoms with Crippen molar-refractivity contribution in [3.8, 4) is 23.0 Å². The molecule has 4 rings (SSSR count). The number of carbonyl (C=O) groups excluding carboxylic acids is 1. The van der Waals surface area contributed by atoms with Crippen molar-refractivity contribution >= 4 is 28.6 Å². The second kappa shape index (κ2) is 7.74. The van der Waals surface area contributed by atoms with Crippen LogP contribution >= 0.6 is 11.6 Å². The number of nitrogens with two attached hydrogens (primary N) is 1. The zero-order valence-electron chi connectivity index (χ0n) is 14.9. The summed E-state index contributed by atoms with van der Waals surface area (Å²) in [5.74, 6) is 1.56. The van der Waals surface area contributed by atoms with Gasteiger partial charge in [0.15, 0.2) is 5.58 Å². The number of halogens is 1. The fourth-order valence-corrected chi connectivity index (χ4v) is 2.94. The van der Waals surface area contributed by atoms with Crippen LogP contribution in [-0.2, 0) is 11.2 Å². The molecule has 0 spiro atoms. The Hall–Kier alpha value is -3.31. The summed E-state index contributed by atoms with van der Waals surface area (Å²) < 4.78 is 11.7. The number of aryl methyl sites for hydroxylation is 1. The second-order valence-electron chi connectivity index (χ2n) is 6.37. The Kier molecular flexibility index (Phi) is 5.00. The first-order chi connectivity index (χ1) is 13.6. The molecule has 0 atom stereocenters. The molecule has 0 radical (unpaired) electrons. The summed E-state index contributed by atoms with van der Waals surface area (Å²) in [7, 11) is 0. The van der Waals surface area contributed by atoms with Crippen LogP contribution in [0.15, 0.2) is 71.1 Å². The summed E-state index contributed by atoms with van der Waals surface area (Å²) in [5.41, 5.74) is 8.48. The molecule has 2 N–H and O–H groups in total. The summed E-state index contributed by atoms with van der Waals surface area (Å²) >= 11 is 5.90. The van der Waals surface area contributed by atoms with E-state index in [9.17, 15) is 4.79 Å². The van der Waals surface area contributed by atoms with Gasteiger partial charge in [0, 0.05) is 23.1 Å². The van der Waals surface area contributed by atoms with Crippen molar-refractivity contribution < 1.29 is 13.9 Å². The van der Waals surface area contributed by atoms with Crippen molar-refractivity contribution in [2.24, 2.45) is 5.73 Å². The standard InChI is InChI=1S/C22H17ClN2O3/c23-16-6-8-17(9-7-16)27-18-10-11-19-20(13-18)28-22(25-19)15-4-1-14(2-5-15)3-12-21(24)26/h1-2,4-11,13H,3,12H2,(H2,24,26). The van der Waals surface area contributed by atoms with Gasteiger partial charge in [0.1, 0.15) is 17.0 Å². The molecule has 1 heterocycles. The minimum absolute atomic E-state index is 0.306. The number of aromatic nitrogens is 1. The number of rotatable bonds is 6. The van der Waals surface area contributed by atoms with Crippen LogP contribution in [0.1, 0.15) is 12.0 Å². The number of benzene rings is 3. The Labute approximate surface area is 166 Å². The van der Waals surface area contributed by atoms with E-state index in [0.717, 1.165) is 16.6 Å². The molecule has 0 fully saturated rings. The largest absolute Gasteiger partial charge is 0.457 e. The Morgan fingerprint density at radius 3 is 2.43 bits per heavy atom. The minimum atomic E-state index is -0.306. The summed E-state index contributed by atoms with van der Waals surface area (Å²) in [6.07, 6.45) is 0.952. The second-order valence-corrected chi connectivity index (χ2v) is 6.80. The van der Waals surface area contributed by atoms with Gasteiger partial charge in [0.25, 0.3) is 0 Å². The topological polar surface area (TPSA) is 78.4 Å². The van der Waals surface area contributed by atoms with Crippen molar-refractivity contribution in [1.29, 1.82) is 0 Å². The first-order valence-electron chi connectivity index (χ1n) is 8.78. The average molecular weight is 393 g/mol. The van der Waals surface area contributed by atoms with Gasteiger partial charge in [-0.05, 0) is 60.5 Å². The van der Waals surface area contributed by atoms with E-state index in [-0.39, 0.29) is 5.91 Å². The van der Waals surface area contributed by atoms with E-state index < -0.39 is 0 Å². The molecule has 5 nitrogen and oxygen atoms in total. The van der Waals surface area contributed by atoms with Crippen LogP contribution < -0.4 is 10.5 Å². The van der Waals surface area contributed by atoms with Gasteiger partial charge in [-0.15, -0.1) is 0 Å². The number of oxazole rings is 1. The third-order valence-electron chi connectivity index (χ3n) is 4.27. The molecule has 140 valence electrons. The molecule has 0 unspecified atom stereocenters. The fraction of sp³-hybridized carbons (Fsp3) is 0.0909. The smallest absolute Gasteiger partial charge is 0.227 e. The van der Waals surface area contributed by atoms with Crippen molar-refractivity contribution in [2.45, 2.75) is 12.8 Å². The number of primary amides is 1. The van der Waals surface area contributed by atoms with Crippen LogP contribution in [0.5, 0.6) is 11.5 Å². The molecule has 1 aromatic heterocycles. The molecule has 0 saturated carbocycles. The number of amides is 1. The summed E-state index contributed by atoms with van der Waals surface area (Å²) in [6, 6.07) is 20.4. The van der Waals surface area contributed by atoms with Gasteiger partial charge in [0.05, 0.1) is 0 Å². The summed E-state index contributed by atoms with van der Waals surface area (Å²) in [5, 5.41) is 0.656. The lowest BCUT2D eigenvalue weighted by Gasteiger charge is -2.04. The van der Waals surface area contributed by atoms with Crippen molar-refractivity contribution in [1.82, 2.24) is 4.98 Å². The highest BCUT2D eigenvalue weighted by atomic mass is 35.5. The molecular weight excluding hydrogens is 376 g/mol. The van der Waals surface area contributed by atoms with Gasteiger partial charge >= 0.3 is 0 Å². The van der Waals surface area contributed by atoms with Crippen molar-refractivity contribution in [3.63, 3.8) is 0 Å². The zero-order valence-corrected chi connectivity index (χ0v) is 15.6. The van der Waals surface area contributed by atoms with Crippen LogP contribution in [0.25, 0.3) is 22.6 Å². The van der Waals surface area contributed by atoms with Gasteiger partial charge in [0.2, 0.25) is 11.8 Å². The van der Waals surface area contributed by atoms with E-state index in [0.29, 0.717) is 40.8 Å². The average Bonchev–Trinajstić information content (AvgIpc) is 3.12. The Balaban J connectivity index is 1.54. The highest BCUT2D eigenvalue weighted by Gasteiger charge is 2.10. The SMILES string of the molecule is NC(=O)CCc1ccc(-c2nc3ccc(Oc4ccc(Cl)cc4)cc3o2)cc1. The molecule has 0 bridgehead atoms. The molecule has 6 heteroatoms. The Morgan fingerprint density at radius 2 is 1.71 bits per heavy atom. The van der Waals surface area contributed by atoms with Crippen LogP contribution in [0.4, 0.5) is 0 Å². The summed E-state index contributed by atoms with van der Waals surface area (Å²) in [6.45, 7) is 0. The van der Waals surface area contributed by atoms with Crippen molar-refractivity contribution in [2.75, 3.05) is 0 Å². The predicted molar refractivity (Wildman–Crippen MR) is 108 cm³/mol. The third-order valence-corrected chi connectivity index (χ3v) is 4.52. The predicted octanol–water partition coefficient (Wildman–Crippen LogP) is 5.36. The van der Waals surface area contributed by atoms with Crippen LogP contribution in [0, 0.1) is 0 Å². The Bertz CT molecular complexity index is 1120. The van der Waals surface area contributed by atoms with E-state index in [1.54, 1.807) is 24.3 Å². The van der Waals surface area contributed by atoms with Gasteiger partial charge < -0.3 is 14.9 Å². The van der Waals surface area contributed by atoms with Gasteiger partial charge in [-0.3, -0.25) is 4.79 Å². The number of fused-ring (bicyclic) bond motifs is 1. The normalized spacial score (nSPS) is 10.9. The molecule has 0 aliphatic heterocycles. The lowest BCUT2D eigenvalue weighted by Crippen LogP contribution is -2.11. The molecule has 1 amide bonds. The van der Waals surface area contributed by atoms with E-state index in [2.05, 4.69) is 4.98 Å². The zero-order chi connectivity index (χ0) is 19.5. The molecule has 28 heavy (non-hydrogen) atoms. The fourth-order valence-electron chi connectivity index (χ4n) is 2.81. The maximum atomic E-state index is 10.9. The number of carbonyl (C=O) groups is 1. The first kappa shape index (κ1) is 18.1. The van der Waals surface area contributed by atoms with Crippen LogP contribution in [0.2, 0.25) is 5.02 Å². The van der Waals surface area contributed by atoms with Gasteiger partial charge in [-0.2, -0.15) is 0 Å². The highest BCUT2D eigenvalue weighted by Crippen LogP contribution is 2.30.